The predicted octanol–water partition coefficient (Wildman–Crippen LogP) is 2.20. The van der Waals surface area contributed by atoms with E-state index < -0.39 is 0 Å². The number of benzene rings is 1. The molecular formula is C16H17ClN6. The smallest absolute Gasteiger partial charge is 0.204 e. The fraction of sp³-hybridized carbons (Fsp3) is 0.312. The molecule has 3 aromatic rings. The van der Waals surface area contributed by atoms with E-state index >= 15 is 0 Å². The molecule has 23 heavy (non-hydrogen) atoms. The summed E-state index contributed by atoms with van der Waals surface area (Å²) in [5.74, 6) is 0.897. The van der Waals surface area contributed by atoms with E-state index in [4.69, 9.17) is 11.6 Å². The zero-order valence-corrected chi connectivity index (χ0v) is 13.6. The molecule has 0 aliphatic carbocycles. The molecule has 1 aliphatic rings. The Hall–Kier alpha value is -2.18. The summed E-state index contributed by atoms with van der Waals surface area (Å²) < 4.78 is 1.99. The third-order valence-corrected chi connectivity index (χ3v) is 4.51. The first-order chi connectivity index (χ1) is 11.2. The zero-order chi connectivity index (χ0) is 15.8. The van der Waals surface area contributed by atoms with Gasteiger partial charge in [-0.3, -0.25) is 4.40 Å². The highest BCUT2D eigenvalue weighted by Crippen LogP contribution is 2.26. The SMILES string of the molecule is CN1CCN(c2ncc(-c3ccc(Cl)cc3)n3cnnc23)CC1. The summed E-state index contributed by atoms with van der Waals surface area (Å²) >= 11 is 5.98. The lowest BCUT2D eigenvalue weighted by molar-refractivity contribution is 0.312. The van der Waals surface area contributed by atoms with E-state index in [0.29, 0.717) is 0 Å². The molecular weight excluding hydrogens is 312 g/mol. The van der Waals surface area contributed by atoms with Gasteiger partial charge in [-0.25, -0.2) is 4.98 Å². The second kappa shape index (κ2) is 5.79. The number of rotatable bonds is 2. The number of hydrogen-bond donors (Lipinski definition) is 0. The minimum Gasteiger partial charge on any atom is -0.351 e. The maximum atomic E-state index is 5.98. The summed E-state index contributed by atoms with van der Waals surface area (Å²) in [6.07, 6.45) is 3.62. The Kier molecular flexibility index (Phi) is 3.63. The summed E-state index contributed by atoms with van der Waals surface area (Å²) in [5, 5.41) is 9.09. The van der Waals surface area contributed by atoms with E-state index in [2.05, 4.69) is 32.0 Å². The first-order valence-electron chi connectivity index (χ1n) is 7.60. The van der Waals surface area contributed by atoms with Crippen molar-refractivity contribution in [3.05, 3.63) is 41.8 Å². The maximum Gasteiger partial charge on any atom is 0.204 e. The standard InChI is InChI=1S/C16H17ClN6/c1-21-6-8-22(9-7-21)15-16-20-19-11-23(16)14(10-18-15)12-2-4-13(17)5-3-12/h2-5,10-11H,6-9H2,1H3. The van der Waals surface area contributed by atoms with Crippen LogP contribution < -0.4 is 4.90 Å². The first kappa shape index (κ1) is 14.4. The average Bonchev–Trinajstić information content (AvgIpc) is 3.05. The molecule has 0 spiro atoms. The molecule has 1 fully saturated rings. The molecule has 0 bridgehead atoms. The third kappa shape index (κ3) is 2.64. The van der Waals surface area contributed by atoms with Crippen LogP contribution in [0.15, 0.2) is 36.8 Å². The number of halogens is 1. The fourth-order valence-corrected chi connectivity index (χ4v) is 3.01. The van der Waals surface area contributed by atoms with Crippen LogP contribution in [0.5, 0.6) is 0 Å². The van der Waals surface area contributed by atoms with Crippen molar-refractivity contribution in [1.29, 1.82) is 0 Å². The lowest BCUT2D eigenvalue weighted by atomic mass is 10.1. The van der Waals surface area contributed by atoms with Gasteiger partial charge in [0.25, 0.3) is 0 Å². The molecule has 118 valence electrons. The van der Waals surface area contributed by atoms with Gasteiger partial charge in [0.2, 0.25) is 5.65 Å². The maximum absolute atomic E-state index is 5.98. The number of hydrogen-bond acceptors (Lipinski definition) is 5. The number of likely N-dealkylation sites (N-methyl/N-ethyl adjacent to an activating group) is 1. The quantitative estimate of drug-likeness (QED) is 0.722. The molecule has 6 nitrogen and oxygen atoms in total. The monoisotopic (exact) mass is 328 g/mol. The highest BCUT2D eigenvalue weighted by atomic mass is 35.5. The molecule has 0 saturated carbocycles. The molecule has 0 amide bonds. The normalized spacial score (nSPS) is 16.2. The largest absolute Gasteiger partial charge is 0.351 e. The third-order valence-electron chi connectivity index (χ3n) is 4.26. The van der Waals surface area contributed by atoms with Crippen molar-refractivity contribution in [1.82, 2.24) is 24.5 Å². The van der Waals surface area contributed by atoms with Crippen LogP contribution >= 0.6 is 11.6 Å². The van der Waals surface area contributed by atoms with Crippen LogP contribution in [0.4, 0.5) is 5.82 Å². The molecule has 4 rings (SSSR count). The Bertz CT molecular complexity index is 820. The van der Waals surface area contributed by atoms with Crippen molar-refractivity contribution in [3.8, 4) is 11.3 Å². The highest BCUT2D eigenvalue weighted by molar-refractivity contribution is 6.30. The molecule has 0 N–H and O–H groups in total. The van der Waals surface area contributed by atoms with Crippen LogP contribution in [0.1, 0.15) is 0 Å². The average molecular weight is 329 g/mol. The van der Waals surface area contributed by atoms with Crippen LogP contribution in [0.2, 0.25) is 5.02 Å². The molecule has 0 unspecified atom stereocenters. The van der Waals surface area contributed by atoms with Gasteiger partial charge in [0.15, 0.2) is 5.82 Å². The molecule has 2 aromatic heterocycles. The predicted molar refractivity (Wildman–Crippen MR) is 90.9 cm³/mol. The van der Waals surface area contributed by atoms with E-state index in [-0.39, 0.29) is 0 Å². The summed E-state index contributed by atoms with van der Waals surface area (Å²) in [7, 11) is 2.14. The fourth-order valence-electron chi connectivity index (χ4n) is 2.88. The van der Waals surface area contributed by atoms with Gasteiger partial charge in [-0.05, 0) is 19.2 Å². The highest BCUT2D eigenvalue weighted by Gasteiger charge is 2.20. The van der Waals surface area contributed by atoms with E-state index in [1.54, 1.807) is 6.33 Å². The van der Waals surface area contributed by atoms with Crippen LogP contribution in [-0.4, -0.2) is 57.7 Å². The van der Waals surface area contributed by atoms with Crippen molar-refractivity contribution in [2.24, 2.45) is 0 Å². The summed E-state index contributed by atoms with van der Waals surface area (Å²) in [6.45, 7) is 3.96. The van der Waals surface area contributed by atoms with E-state index in [1.165, 1.54) is 0 Å². The van der Waals surface area contributed by atoms with Crippen LogP contribution in [0, 0.1) is 0 Å². The molecule has 1 saturated heterocycles. The molecule has 1 aromatic carbocycles. The Labute approximate surface area is 139 Å². The van der Waals surface area contributed by atoms with Gasteiger partial charge in [0, 0.05) is 36.8 Å². The zero-order valence-electron chi connectivity index (χ0n) is 12.9. The van der Waals surface area contributed by atoms with Crippen LogP contribution in [0.3, 0.4) is 0 Å². The molecule has 7 heteroatoms. The van der Waals surface area contributed by atoms with E-state index in [1.807, 2.05) is 34.9 Å². The molecule has 0 atom stereocenters. The summed E-state index contributed by atoms with van der Waals surface area (Å²) in [5.41, 5.74) is 2.79. The van der Waals surface area contributed by atoms with Gasteiger partial charge in [-0.1, -0.05) is 23.7 Å². The molecule has 3 heterocycles. The second-order valence-corrected chi connectivity index (χ2v) is 6.23. The second-order valence-electron chi connectivity index (χ2n) is 5.79. The van der Waals surface area contributed by atoms with Crippen LogP contribution in [0.25, 0.3) is 16.9 Å². The minimum absolute atomic E-state index is 0.718. The van der Waals surface area contributed by atoms with Crippen molar-refractivity contribution in [2.75, 3.05) is 38.1 Å². The number of aromatic nitrogens is 4. The molecule has 0 radical (unpaired) electrons. The topological polar surface area (TPSA) is 49.6 Å². The van der Waals surface area contributed by atoms with Gasteiger partial charge in [0.1, 0.15) is 6.33 Å². The van der Waals surface area contributed by atoms with E-state index in [0.717, 1.165) is 53.9 Å². The van der Waals surface area contributed by atoms with Crippen molar-refractivity contribution >= 4 is 23.1 Å². The lowest BCUT2D eigenvalue weighted by Gasteiger charge is -2.33. The summed E-state index contributed by atoms with van der Waals surface area (Å²) in [6, 6.07) is 7.71. The number of piperazine rings is 1. The Morgan fingerprint density at radius 2 is 1.78 bits per heavy atom. The molecule has 1 aliphatic heterocycles. The van der Waals surface area contributed by atoms with Gasteiger partial charge in [-0.15, -0.1) is 10.2 Å². The van der Waals surface area contributed by atoms with Crippen molar-refractivity contribution in [3.63, 3.8) is 0 Å². The lowest BCUT2D eigenvalue weighted by Crippen LogP contribution is -2.45. The Balaban J connectivity index is 1.77. The minimum atomic E-state index is 0.718. The van der Waals surface area contributed by atoms with Crippen LogP contribution in [-0.2, 0) is 0 Å². The van der Waals surface area contributed by atoms with Gasteiger partial charge in [0.05, 0.1) is 11.9 Å². The van der Waals surface area contributed by atoms with E-state index in [9.17, 15) is 0 Å². The summed E-state index contributed by atoms with van der Waals surface area (Å²) in [4.78, 5) is 9.27. The Morgan fingerprint density at radius 3 is 2.52 bits per heavy atom. The van der Waals surface area contributed by atoms with Gasteiger partial charge < -0.3 is 9.80 Å². The van der Waals surface area contributed by atoms with Crippen molar-refractivity contribution < 1.29 is 0 Å². The van der Waals surface area contributed by atoms with Gasteiger partial charge >= 0.3 is 0 Å². The van der Waals surface area contributed by atoms with Crippen molar-refractivity contribution in [2.45, 2.75) is 0 Å². The van der Waals surface area contributed by atoms with Gasteiger partial charge in [-0.2, -0.15) is 0 Å². The Morgan fingerprint density at radius 1 is 1.04 bits per heavy atom. The number of fused-ring (bicyclic) bond motifs is 1. The number of nitrogens with zero attached hydrogens (tertiary/aromatic N) is 6. The number of anilines is 1. The first-order valence-corrected chi connectivity index (χ1v) is 7.98.